The first-order valence-corrected chi connectivity index (χ1v) is 9.49. The van der Waals surface area contributed by atoms with Crippen LogP contribution in [0.4, 0.5) is 0 Å². The minimum absolute atomic E-state index is 0.0735. The van der Waals surface area contributed by atoms with Crippen molar-refractivity contribution in [3.63, 3.8) is 0 Å². The van der Waals surface area contributed by atoms with Crippen LogP contribution >= 0.6 is 0 Å². The van der Waals surface area contributed by atoms with Crippen LogP contribution in [0.1, 0.15) is 29.5 Å². The van der Waals surface area contributed by atoms with Gasteiger partial charge in [0, 0.05) is 16.9 Å². The molecule has 5 nitrogen and oxygen atoms in total. The van der Waals surface area contributed by atoms with Crippen LogP contribution in [-0.4, -0.2) is 11.7 Å². The van der Waals surface area contributed by atoms with Crippen LogP contribution in [0.5, 0.6) is 11.5 Å². The zero-order chi connectivity index (χ0) is 20.5. The van der Waals surface area contributed by atoms with Gasteiger partial charge in [0.2, 0.25) is 0 Å². The van der Waals surface area contributed by atoms with Gasteiger partial charge >= 0.3 is 5.63 Å². The van der Waals surface area contributed by atoms with Crippen molar-refractivity contribution < 1.29 is 18.7 Å². The second-order valence-electron chi connectivity index (χ2n) is 7.25. The molecule has 2 aromatic heterocycles. The molecule has 0 amide bonds. The summed E-state index contributed by atoms with van der Waals surface area (Å²) in [5.41, 5.74) is 1.94. The van der Waals surface area contributed by atoms with E-state index in [-0.39, 0.29) is 23.0 Å². The van der Waals surface area contributed by atoms with Crippen molar-refractivity contribution in [3.8, 4) is 23.0 Å². The smallest absolute Gasteiger partial charge is 0.343 e. The summed E-state index contributed by atoms with van der Waals surface area (Å²) in [6.45, 7) is 5.89. The molecule has 2 aromatic carbocycles. The van der Waals surface area contributed by atoms with Gasteiger partial charge in [0.25, 0.3) is 0 Å². The third-order valence-electron chi connectivity index (χ3n) is 5.13. The van der Waals surface area contributed by atoms with E-state index in [2.05, 4.69) is 19.1 Å². The zero-order valence-electron chi connectivity index (χ0n) is 16.6. The van der Waals surface area contributed by atoms with Crippen molar-refractivity contribution in [2.75, 3.05) is 6.61 Å². The van der Waals surface area contributed by atoms with Crippen LogP contribution in [0.25, 0.3) is 22.5 Å². The van der Waals surface area contributed by atoms with Crippen molar-refractivity contribution in [2.24, 2.45) is 0 Å². The van der Waals surface area contributed by atoms with Crippen LogP contribution < -0.4 is 10.4 Å². The predicted molar refractivity (Wildman–Crippen MR) is 112 cm³/mol. The average Bonchev–Trinajstić information content (AvgIpc) is 3.16. The highest BCUT2D eigenvalue weighted by molar-refractivity contribution is 5.84. The lowest BCUT2D eigenvalue weighted by Gasteiger charge is -2.13. The van der Waals surface area contributed by atoms with E-state index in [0.29, 0.717) is 23.5 Å². The summed E-state index contributed by atoms with van der Waals surface area (Å²) in [5.74, 6) is 1.54. The van der Waals surface area contributed by atoms with Gasteiger partial charge in [-0.25, -0.2) is 4.79 Å². The third kappa shape index (κ3) is 3.63. The van der Waals surface area contributed by atoms with Gasteiger partial charge in [0.05, 0.1) is 12.2 Å². The maximum atomic E-state index is 11.9. The largest absolute Gasteiger partial charge is 0.507 e. The molecule has 1 unspecified atom stereocenters. The van der Waals surface area contributed by atoms with Crippen LogP contribution in [0, 0.1) is 13.8 Å². The molecule has 0 aliphatic rings. The van der Waals surface area contributed by atoms with E-state index in [0.717, 1.165) is 11.1 Å². The molecular formula is C24H22O5. The van der Waals surface area contributed by atoms with Crippen molar-refractivity contribution in [2.45, 2.75) is 26.7 Å². The molecule has 1 atom stereocenters. The van der Waals surface area contributed by atoms with E-state index in [1.54, 1.807) is 13.0 Å². The van der Waals surface area contributed by atoms with E-state index in [1.807, 2.05) is 36.4 Å². The maximum absolute atomic E-state index is 11.9. The fourth-order valence-electron chi connectivity index (χ4n) is 3.29. The fourth-order valence-corrected chi connectivity index (χ4v) is 3.29. The summed E-state index contributed by atoms with van der Waals surface area (Å²) in [5, 5.41) is 11.0. The number of ether oxygens (including phenoxy) is 1. The lowest BCUT2D eigenvalue weighted by atomic mass is 10.0. The normalized spacial score (nSPS) is 12.2. The summed E-state index contributed by atoms with van der Waals surface area (Å²) in [7, 11) is 0. The molecule has 4 rings (SSSR count). The molecule has 2 heterocycles. The van der Waals surface area contributed by atoms with Crippen LogP contribution in [0.2, 0.25) is 0 Å². The van der Waals surface area contributed by atoms with Gasteiger partial charge in [-0.15, -0.1) is 0 Å². The lowest BCUT2D eigenvalue weighted by Crippen LogP contribution is -2.06. The highest BCUT2D eigenvalue weighted by atomic mass is 16.5. The van der Waals surface area contributed by atoms with Gasteiger partial charge < -0.3 is 18.7 Å². The Morgan fingerprint density at radius 2 is 1.76 bits per heavy atom. The molecule has 0 spiro atoms. The van der Waals surface area contributed by atoms with Gasteiger partial charge in [-0.05, 0) is 43.7 Å². The average molecular weight is 390 g/mol. The van der Waals surface area contributed by atoms with E-state index in [9.17, 15) is 9.90 Å². The Labute approximate surface area is 168 Å². The summed E-state index contributed by atoms with van der Waals surface area (Å²) in [6.07, 6.45) is 0. The first kappa shape index (κ1) is 18.9. The van der Waals surface area contributed by atoms with Crippen molar-refractivity contribution in [1.82, 2.24) is 0 Å². The Balaban J connectivity index is 1.59. The number of furan rings is 1. The zero-order valence-corrected chi connectivity index (χ0v) is 16.6. The Hall–Kier alpha value is -3.47. The Morgan fingerprint density at radius 1 is 1.00 bits per heavy atom. The van der Waals surface area contributed by atoms with Gasteiger partial charge in [0.1, 0.15) is 17.1 Å². The standard InChI is InChI=1S/C24H22O5/c1-14(17-7-5-4-6-8-17)13-27-19-9-10-20-18(11-19)12-21(28-20)23-15(2)22(25)16(3)24(26)29-23/h4-12,14,25H,13H2,1-3H3. The number of rotatable bonds is 5. The number of hydrogen-bond acceptors (Lipinski definition) is 5. The highest BCUT2D eigenvalue weighted by Gasteiger charge is 2.18. The summed E-state index contributed by atoms with van der Waals surface area (Å²) in [6, 6.07) is 17.6. The minimum Gasteiger partial charge on any atom is -0.507 e. The Morgan fingerprint density at radius 3 is 2.52 bits per heavy atom. The molecule has 29 heavy (non-hydrogen) atoms. The SMILES string of the molecule is Cc1c(-c2cc3cc(OCC(C)c4ccccc4)ccc3o2)oc(=O)c(C)c1O. The van der Waals surface area contributed by atoms with Gasteiger partial charge in [0.15, 0.2) is 11.5 Å². The Bertz CT molecular complexity index is 1220. The number of hydrogen-bond donors (Lipinski definition) is 1. The minimum atomic E-state index is -0.581. The fraction of sp³-hybridized carbons (Fsp3) is 0.208. The van der Waals surface area contributed by atoms with Crippen molar-refractivity contribution in [3.05, 3.63) is 81.7 Å². The predicted octanol–water partition coefficient (Wildman–Crippen LogP) is 5.56. The van der Waals surface area contributed by atoms with E-state index in [4.69, 9.17) is 13.6 Å². The number of benzene rings is 2. The quantitative estimate of drug-likeness (QED) is 0.483. The van der Waals surface area contributed by atoms with E-state index >= 15 is 0 Å². The molecule has 0 bridgehead atoms. The summed E-state index contributed by atoms with van der Waals surface area (Å²) in [4.78, 5) is 11.9. The summed E-state index contributed by atoms with van der Waals surface area (Å²) >= 11 is 0. The third-order valence-corrected chi connectivity index (χ3v) is 5.13. The van der Waals surface area contributed by atoms with Crippen LogP contribution in [-0.2, 0) is 0 Å². The molecule has 0 saturated carbocycles. The molecular weight excluding hydrogens is 368 g/mol. The molecule has 4 aromatic rings. The highest BCUT2D eigenvalue weighted by Crippen LogP contribution is 2.34. The first-order valence-electron chi connectivity index (χ1n) is 9.49. The molecule has 148 valence electrons. The van der Waals surface area contributed by atoms with Crippen molar-refractivity contribution >= 4 is 11.0 Å². The molecule has 0 fully saturated rings. The lowest BCUT2D eigenvalue weighted by molar-refractivity contribution is 0.296. The molecule has 0 aliphatic heterocycles. The van der Waals surface area contributed by atoms with Crippen LogP contribution in [0.15, 0.2) is 68.2 Å². The van der Waals surface area contributed by atoms with Crippen LogP contribution in [0.3, 0.4) is 0 Å². The monoisotopic (exact) mass is 390 g/mol. The molecule has 0 saturated heterocycles. The molecule has 0 aliphatic carbocycles. The van der Waals surface area contributed by atoms with Gasteiger partial charge in [-0.3, -0.25) is 0 Å². The second-order valence-corrected chi connectivity index (χ2v) is 7.25. The number of fused-ring (bicyclic) bond motifs is 1. The number of aromatic hydroxyl groups is 1. The van der Waals surface area contributed by atoms with Gasteiger partial charge in [-0.1, -0.05) is 37.3 Å². The first-order chi connectivity index (χ1) is 13.9. The molecule has 1 N–H and O–H groups in total. The molecule has 5 heteroatoms. The topological polar surface area (TPSA) is 72.8 Å². The van der Waals surface area contributed by atoms with E-state index < -0.39 is 5.63 Å². The maximum Gasteiger partial charge on any atom is 0.343 e. The Kier molecular flexibility index (Phi) is 4.89. The van der Waals surface area contributed by atoms with Gasteiger partial charge in [-0.2, -0.15) is 0 Å². The second kappa shape index (κ2) is 7.51. The summed E-state index contributed by atoms with van der Waals surface area (Å²) < 4.78 is 17.2. The molecule has 0 radical (unpaired) electrons. The van der Waals surface area contributed by atoms with E-state index in [1.165, 1.54) is 12.5 Å². The van der Waals surface area contributed by atoms with Crippen molar-refractivity contribution in [1.29, 1.82) is 0 Å².